The van der Waals surface area contributed by atoms with E-state index in [1.54, 1.807) is 4.52 Å². The van der Waals surface area contributed by atoms with Gasteiger partial charge >= 0.3 is 0 Å². The number of hydrogen-bond acceptors (Lipinski definition) is 5. The van der Waals surface area contributed by atoms with E-state index in [9.17, 15) is 0 Å². The van der Waals surface area contributed by atoms with Crippen LogP contribution in [0, 0.1) is 13.8 Å². The summed E-state index contributed by atoms with van der Waals surface area (Å²) in [5.41, 5.74) is 11.6. The van der Waals surface area contributed by atoms with Crippen LogP contribution in [0.15, 0.2) is 18.3 Å². The second-order valence-corrected chi connectivity index (χ2v) is 7.09. The predicted molar refractivity (Wildman–Crippen MR) is 97.3 cm³/mol. The van der Waals surface area contributed by atoms with Gasteiger partial charge in [0.1, 0.15) is 5.82 Å². The molecule has 0 atom stereocenters. The van der Waals surface area contributed by atoms with Crippen LogP contribution in [0.2, 0.25) is 0 Å². The first kappa shape index (κ1) is 16.1. The van der Waals surface area contributed by atoms with Crippen LogP contribution >= 0.6 is 0 Å². The molecule has 1 aliphatic rings. The Morgan fingerprint density at radius 1 is 1.20 bits per heavy atom. The third-order valence-electron chi connectivity index (χ3n) is 5.33. The van der Waals surface area contributed by atoms with Crippen LogP contribution in [0.4, 0.5) is 5.82 Å². The van der Waals surface area contributed by atoms with E-state index in [0.717, 1.165) is 49.5 Å². The van der Waals surface area contributed by atoms with Gasteiger partial charge in [0.25, 0.3) is 0 Å². The van der Waals surface area contributed by atoms with Crippen LogP contribution in [0.5, 0.6) is 0 Å². The summed E-state index contributed by atoms with van der Waals surface area (Å²) in [6, 6.07) is 3.98. The lowest BCUT2D eigenvalue weighted by Crippen LogP contribution is -2.33. The Hall–Kier alpha value is -2.41. The number of rotatable bonds is 3. The van der Waals surface area contributed by atoms with Gasteiger partial charge in [-0.15, -0.1) is 0 Å². The zero-order chi connectivity index (χ0) is 17.6. The molecule has 0 aliphatic carbocycles. The fourth-order valence-electron chi connectivity index (χ4n) is 3.67. The zero-order valence-electron chi connectivity index (χ0n) is 15.1. The highest BCUT2D eigenvalue weighted by Crippen LogP contribution is 2.29. The third kappa shape index (κ3) is 3.00. The highest BCUT2D eigenvalue weighted by atomic mass is 15.3. The molecule has 0 bridgehead atoms. The number of likely N-dealkylation sites (tertiary alicyclic amines) is 1. The molecule has 2 N–H and O–H groups in total. The number of nitrogens with zero attached hydrogens (tertiary/aromatic N) is 6. The number of hydrogen-bond donors (Lipinski definition) is 1. The Labute approximate surface area is 147 Å². The molecule has 1 saturated heterocycles. The van der Waals surface area contributed by atoms with Gasteiger partial charge in [-0.25, -0.2) is 4.98 Å². The van der Waals surface area contributed by atoms with Crippen molar-refractivity contribution in [1.82, 2.24) is 29.3 Å². The molecule has 1 aliphatic heterocycles. The molecule has 4 heterocycles. The van der Waals surface area contributed by atoms with Crippen molar-refractivity contribution in [3.63, 3.8) is 0 Å². The van der Waals surface area contributed by atoms with E-state index in [2.05, 4.69) is 22.0 Å². The molecule has 0 aromatic carbocycles. The zero-order valence-corrected chi connectivity index (χ0v) is 15.1. The van der Waals surface area contributed by atoms with Crippen molar-refractivity contribution in [2.24, 2.45) is 7.05 Å². The molecule has 0 radical (unpaired) electrons. The van der Waals surface area contributed by atoms with Gasteiger partial charge in [0.15, 0.2) is 5.65 Å². The molecule has 1 fully saturated rings. The lowest BCUT2D eigenvalue weighted by molar-refractivity contribution is 0.203. The second-order valence-electron chi connectivity index (χ2n) is 7.09. The average molecular weight is 339 g/mol. The monoisotopic (exact) mass is 339 g/mol. The average Bonchev–Trinajstić information content (AvgIpc) is 3.12. The summed E-state index contributed by atoms with van der Waals surface area (Å²) in [5, 5.41) is 8.72. The fraction of sp³-hybridized carbons (Fsp3) is 0.500. The molecule has 3 aromatic rings. The molecular formula is C18H25N7. The lowest BCUT2D eigenvalue weighted by Gasteiger charge is -2.31. The molecule has 0 spiro atoms. The maximum Gasteiger partial charge on any atom is 0.157 e. The molecule has 25 heavy (non-hydrogen) atoms. The predicted octanol–water partition coefficient (Wildman–Crippen LogP) is 2.04. The summed E-state index contributed by atoms with van der Waals surface area (Å²) in [7, 11) is 2.00. The van der Waals surface area contributed by atoms with E-state index >= 15 is 0 Å². The van der Waals surface area contributed by atoms with Crippen molar-refractivity contribution in [3.8, 4) is 0 Å². The number of nitrogens with two attached hydrogens (primary N) is 1. The molecule has 132 valence electrons. The van der Waals surface area contributed by atoms with Crippen molar-refractivity contribution in [2.75, 3.05) is 18.8 Å². The minimum Gasteiger partial charge on any atom is -0.384 e. The number of fused-ring (bicyclic) bond motifs is 1. The smallest absolute Gasteiger partial charge is 0.157 e. The molecule has 3 aromatic heterocycles. The van der Waals surface area contributed by atoms with Gasteiger partial charge in [0.2, 0.25) is 0 Å². The standard InChI is InChI=1S/C18H25N7/c1-12-8-18-21-16(9-17(19)25(18)22-12)14-4-6-24(7-5-14)11-15-10-20-23(3)13(15)2/h8-10,14H,4-7,11,19H2,1-3H3. The van der Waals surface area contributed by atoms with Gasteiger partial charge < -0.3 is 5.73 Å². The first-order valence-corrected chi connectivity index (χ1v) is 8.84. The van der Waals surface area contributed by atoms with Gasteiger partial charge in [0.05, 0.1) is 11.9 Å². The Kier molecular flexibility index (Phi) is 3.95. The molecule has 7 heteroatoms. The minimum atomic E-state index is 0.466. The molecular weight excluding hydrogens is 314 g/mol. The number of aromatic nitrogens is 5. The maximum atomic E-state index is 6.17. The Morgan fingerprint density at radius 2 is 1.96 bits per heavy atom. The van der Waals surface area contributed by atoms with E-state index in [4.69, 9.17) is 10.7 Å². The van der Waals surface area contributed by atoms with Crippen molar-refractivity contribution >= 4 is 11.5 Å². The fourth-order valence-corrected chi connectivity index (χ4v) is 3.67. The lowest BCUT2D eigenvalue weighted by atomic mass is 9.93. The van der Waals surface area contributed by atoms with Crippen LogP contribution in [-0.4, -0.2) is 42.4 Å². The summed E-state index contributed by atoms with van der Waals surface area (Å²) in [6.45, 7) is 7.22. The van der Waals surface area contributed by atoms with Crippen molar-refractivity contribution < 1.29 is 0 Å². The van der Waals surface area contributed by atoms with Crippen LogP contribution in [-0.2, 0) is 13.6 Å². The van der Waals surface area contributed by atoms with Gasteiger partial charge in [-0.2, -0.15) is 14.7 Å². The van der Waals surface area contributed by atoms with Crippen LogP contribution < -0.4 is 5.73 Å². The number of piperidine rings is 1. The second kappa shape index (κ2) is 6.15. The first-order chi connectivity index (χ1) is 12.0. The van der Waals surface area contributed by atoms with E-state index in [1.165, 1.54) is 11.3 Å². The highest BCUT2D eigenvalue weighted by Gasteiger charge is 2.23. The summed E-state index contributed by atoms with van der Waals surface area (Å²) in [6.07, 6.45) is 4.20. The Bertz CT molecular complexity index is 900. The topological polar surface area (TPSA) is 77.3 Å². The highest BCUT2D eigenvalue weighted by molar-refractivity contribution is 5.48. The molecule has 7 nitrogen and oxygen atoms in total. The van der Waals surface area contributed by atoms with Gasteiger partial charge in [-0.3, -0.25) is 9.58 Å². The van der Waals surface area contributed by atoms with Crippen LogP contribution in [0.3, 0.4) is 0 Å². The largest absolute Gasteiger partial charge is 0.384 e. The SMILES string of the molecule is Cc1cc2nc(C3CCN(Cc4cnn(C)c4C)CC3)cc(N)n2n1. The van der Waals surface area contributed by atoms with Crippen LogP contribution in [0.25, 0.3) is 5.65 Å². The van der Waals surface area contributed by atoms with Crippen molar-refractivity contribution in [3.05, 3.63) is 41.0 Å². The Morgan fingerprint density at radius 3 is 2.64 bits per heavy atom. The van der Waals surface area contributed by atoms with Crippen molar-refractivity contribution in [2.45, 2.75) is 39.2 Å². The molecule has 0 saturated carbocycles. The Balaban J connectivity index is 1.45. The van der Waals surface area contributed by atoms with Crippen molar-refractivity contribution in [1.29, 1.82) is 0 Å². The summed E-state index contributed by atoms with van der Waals surface area (Å²) in [4.78, 5) is 7.30. The first-order valence-electron chi connectivity index (χ1n) is 8.84. The number of aryl methyl sites for hydroxylation is 2. The minimum absolute atomic E-state index is 0.466. The van der Waals surface area contributed by atoms with E-state index in [0.29, 0.717) is 11.7 Å². The molecule has 0 amide bonds. The quantitative estimate of drug-likeness (QED) is 0.790. The van der Waals surface area contributed by atoms with Gasteiger partial charge in [-0.05, 0) is 39.8 Å². The van der Waals surface area contributed by atoms with E-state index in [1.807, 2.05) is 37.0 Å². The van der Waals surface area contributed by atoms with Crippen LogP contribution in [0.1, 0.15) is 41.4 Å². The van der Waals surface area contributed by atoms with Gasteiger partial charge in [-0.1, -0.05) is 0 Å². The maximum absolute atomic E-state index is 6.17. The number of nitrogen functional groups attached to an aromatic ring is 1. The summed E-state index contributed by atoms with van der Waals surface area (Å²) in [5.74, 6) is 1.13. The number of anilines is 1. The van der Waals surface area contributed by atoms with E-state index < -0.39 is 0 Å². The van der Waals surface area contributed by atoms with E-state index in [-0.39, 0.29) is 0 Å². The molecule has 4 rings (SSSR count). The summed E-state index contributed by atoms with van der Waals surface area (Å²) < 4.78 is 3.66. The molecule has 0 unspecified atom stereocenters. The third-order valence-corrected chi connectivity index (χ3v) is 5.33. The summed E-state index contributed by atoms with van der Waals surface area (Å²) >= 11 is 0. The van der Waals surface area contributed by atoms with Gasteiger partial charge in [0, 0.05) is 48.6 Å². The normalized spacial score (nSPS) is 16.8.